The molecule has 0 saturated heterocycles. The van der Waals surface area contributed by atoms with Crippen LogP contribution in [0, 0.1) is 11.3 Å². The lowest BCUT2D eigenvalue weighted by Crippen LogP contribution is -2.23. The Hall–Kier alpha value is -2.37. The monoisotopic (exact) mass is 422 g/mol. The van der Waals surface area contributed by atoms with Crippen molar-refractivity contribution in [3.05, 3.63) is 58.1 Å². The molecule has 0 bridgehead atoms. The Kier molecular flexibility index (Phi) is 6.17. The third-order valence-electron chi connectivity index (χ3n) is 3.27. The number of halogens is 1. The van der Waals surface area contributed by atoms with Gasteiger partial charge in [0.1, 0.15) is 11.8 Å². The van der Waals surface area contributed by atoms with Crippen LogP contribution in [-0.2, 0) is 16.4 Å². The van der Waals surface area contributed by atoms with E-state index in [2.05, 4.69) is 21.2 Å². The van der Waals surface area contributed by atoms with Crippen LogP contribution < -0.4 is 10.1 Å². The highest BCUT2D eigenvalue weighted by atomic mass is 79.9. The maximum atomic E-state index is 12.4. The number of nitrogens with one attached hydrogen (secondary N) is 1. The molecule has 0 heterocycles. The molecule has 130 valence electrons. The van der Waals surface area contributed by atoms with Crippen molar-refractivity contribution in [1.82, 2.24) is 5.32 Å². The highest BCUT2D eigenvalue weighted by molar-refractivity contribution is 9.10. The number of carbonyl (C=O) groups excluding carboxylic acids is 1. The minimum absolute atomic E-state index is 0.0545. The van der Waals surface area contributed by atoms with Gasteiger partial charge in [-0.25, -0.2) is 8.42 Å². The average molecular weight is 423 g/mol. The van der Waals surface area contributed by atoms with Gasteiger partial charge in [-0.15, -0.1) is 0 Å². The minimum atomic E-state index is -3.40. The van der Waals surface area contributed by atoms with Crippen molar-refractivity contribution in [2.45, 2.75) is 11.4 Å². The lowest BCUT2D eigenvalue weighted by molar-refractivity contribution is 0.0950. The van der Waals surface area contributed by atoms with Gasteiger partial charge in [-0.3, -0.25) is 4.79 Å². The standard InChI is InChI=1S/C17H15BrN2O4S/c1-25(22,23)14-5-6-16(18)15(10-14)17(21)20-11-12-3-2-4-13(9-12)24-8-7-19/h2-6,9-10H,8,11H2,1H3,(H,20,21). The number of hydrogen-bond donors (Lipinski definition) is 1. The Bertz CT molecular complexity index is 936. The highest BCUT2D eigenvalue weighted by Gasteiger charge is 2.15. The van der Waals surface area contributed by atoms with Crippen LogP contribution in [0.25, 0.3) is 0 Å². The summed E-state index contributed by atoms with van der Waals surface area (Å²) in [6, 6.07) is 13.2. The number of nitrogens with zero attached hydrogens (tertiary/aromatic N) is 1. The smallest absolute Gasteiger partial charge is 0.252 e. The topological polar surface area (TPSA) is 96.3 Å². The van der Waals surface area contributed by atoms with Gasteiger partial charge in [-0.1, -0.05) is 12.1 Å². The van der Waals surface area contributed by atoms with E-state index in [1.807, 2.05) is 12.1 Å². The van der Waals surface area contributed by atoms with Crippen molar-refractivity contribution in [2.24, 2.45) is 0 Å². The highest BCUT2D eigenvalue weighted by Crippen LogP contribution is 2.21. The maximum Gasteiger partial charge on any atom is 0.252 e. The molecule has 0 atom stereocenters. The predicted molar refractivity (Wildman–Crippen MR) is 96.0 cm³/mol. The quantitative estimate of drug-likeness (QED) is 0.771. The molecule has 0 radical (unpaired) electrons. The van der Waals surface area contributed by atoms with E-state index in [0.717, 1.165) is 11.8 Å². The summed E-state index contributed by atoms with van der Waals surface area (Å²) in [4.78, 5) is 12.4. The van der Waals surface area contributed by atoms with Gasteiger partial charge in [0.05, 0.1) is 10.5 Å². The molecule has 6 nitrogen and oxygen atoms in total. The molecule has 25 heavy (non-hydrogen) atoms. The molecule has 8 heteroatoms. The zero-order valence-electron chi connectivity index (χ0n) is 13.3. The van der Waals surface area contributed by atoms with E-state index in [4.69, 9.17) is 10.00 Å². The van der Waals surface area contributed by atoms with E-state index in [1.54, 1.807) is 18.2 Å². The number of amides is 1. The summed E-state index contributed by atoms with van der Waals surface area (Å²) >= 11 is 3.26. The van der Waals surface area contributed by atoms with Gasteiger partial charge in [0, 0.05) is 17.3 Å². The number of benzene rings is 2. The van der Waals surface area contributed by atoms with Gasteiger partial charge in [0.15, 0.2) is 16.4 Å². The number of ether oxygens (including phenoxy) is 1. The Morgan fingerprint density at radius 1 is 1.28 bits per heavy atom. The molecule has 0 aromatic heterocycles. The van der Waals surface area contributed by atoms with E-state index in [-0.39, 0.29) is 23.6 Å². The average Bonchev–Trinajstić information content (AvgIpc) is 2.57. The molecule has 0 aliphatic heterocycles. The summed E-state index contributed by atoms with van der Waals surface area (Å²) in [5, 5.41) is 11.3. The number of carbonyl (C=O) groups is 1. The molecule has 2 aromatic carbocycles. The molecular weight excluding hydrogens is 408 g/mol. The van der Waals surface area contributed by atoms with Crippen molar-refractivity contribution >= 4 is 31.7 Å². The van der Waals surface area contributed by atoms with E-state index in [0.29, 0.717) is 10.2 Å². The summed E-state index contributed by atoms with van der Waals surface area (Å²) in [5.41, 5.74) is 1.03. The Morgan fingerprint density at radius 2 is 2.04 bits per heavy atom. The van der Waals surface area contributed by atoms with E-state index in [9.17, 15) is 13.2 Å². The minimum Gasteiger partial charge on any atom is -0.479 e. The fraction of sp³-hybridized carbons (Fsp3) is 0.176. The molecule has 2 aromatic rings. The molecule has 0 spiro atoms. The lowest BCUT2D eigenvalue weighted by Gasteiger charge is -2.09. The SMILES string of the molecule is CS(=O)(=O)c1ccc(Br)c(C(=O)NCc2cccc(OCC#N)c2)c1. The third-order valence-corrected chi connectivity index (χ3v) is 5.07. The molecular formula is C17H15BrN2O4S. The number of sulfone groups is 1. The number of rotatable bonds is 6. The molecule has 2 rings (SSSR count). The predicted octanol–water partition coefficient (Wildman–Crippen LogP) is 2.68. The van der Waals surface area contributed by atoms with Crippen molar-refractivity contribution in [3.63, 3.8) is 0 Å². The lowest BCUT2D eigenvalue weighted by atomic mass is 10.2. The van der Waals surface area contributed by atoms with Gasteiger partial charge >= 0.3 is 0 Å². The van der Waals surface area contributed by atoms with Crippen molar-refractivity contribution in [2.75, 3.05) is 12.9 Å². The zero-order valence-corrected chi connectivity index (χ0v) is 15.7. The van der Waals surface area contributed by atoms with Gasteiger partial charge in [0.25, 0.3) is 5.91 Å². The van der Waals surface area contributed by atoms with Crippen LogP contribution in [0.5, 0.6) is 5.75 Å². The van der Waals surface area contributed by atoms with Crippen LogP contribution in [0.1, 0.15) is 15.9 Å². The normalized spacial score (nSPS) is 10.8. The largest absolute Gasteiger partial charge is 0.479 e. The maximum absolute atomic E-state index is 12.4. The molecule has 0 aliphatic rings. The summed E-state index contributed by atoms with van der Waals surface area (Å²) in [5.74, 6) is 0.134. The molecule has 1 amide bonds. The number of hydrogen-bond acceptors (Lipinski definition) is 5. The molecule has 0 saturated carbocycles. The van der Waals surface area contributed by atoms with Crippen LogP contribution in [0.2, 0.25) is 0 Å². The number of nitriles is 1. The second kappa shape index (κ2) is 8.14. The molecule has 0 aliphatic carbocycles. The van der Waals surface area contributed by atoms with Gasteiger partial charge in [0.2, 0.25) is 0 Å². The van der Waals surface area contributed by atoms with E-state index >= 15 is 0 Å². The summed E-state index contributed by atoms with van der Waals surface area (Å²) in [7, 11) is -3.40. The zero-order chi connectivity index (χ0) is 18.4. The Balaban J connectivity index is 2.12. The summed E-state index contributed by atoms with van der Waals surface area (Å²) < 4.78 is 29.0. The fourth-order valence-corrected chi connectivity index (χ4v) is 3.12. The van der Waals surface area contributed by atoms with Crippen LogP contribution in [0.3, 0.4) is 0 Å². The van der Waals surface area contributed by atoms with Gasteiger partial charge < -0.3 is 10.1 Å². The van der Waals surface area contributed by atoms with E-state index < -0.39 is 15.7 Å². The van der Waals surface area contributed by atoms with Crippen molar-refractivity contribution in [1.29, 1.82) is 5.26 Å². The van der Waals surface area contributed by atoms with E-state index in [1.165, 1.54) is 18.2 Å². The van der Waals surface area contributed by atoms with Crippen LogP contribution >= 0.6 is 15.9 Å². The molecule has 0 unspecified atom stereocenters. The molecule has 0 fully saturated rings. The first-order valence-corrected chi connectivity index (χ1v) is 9.86. The first-order chi connectivity index (χ1) is 11.8. The Morgan fingerprint density at radius 3 is 2.72 bits per heavy atom. The third kappa shape index (κ3) is 5.31. The fourth-order valence-electron chi connectivity index (χ4n) is 2.05. The second-order valence-corrected chi connectivity index (χ2v) is 8.06. The second-order valence-electron chi connectivity index (χ2n) is 5.19. The van der Waals surface area contributed by atoms with Crippen molar-refractivity contribution in [3.8, 4) is 11.8 Å². The summed E-state index contributed by atoms with van der Waals surface area (Å²) in [6.45, 7) is 0.180. The van der Waals surface area contributed by atoms with Gasteiger partial charge in [-0.05, 0) is 51.8 Å². The summed E-state index contributed by atoms with van der Waals surface area (Å²) in [6.07, 6.45) is 1.09. The first kappa shape index (κ1) is 19.0. The van der Waals surface area contributed by atoms with Gasteiger partial charge in [-0.2, -0.15) is 5.26 Å². The van der Waals surface area contributed by atoms with Crippen LogP contribution in [0.4, 0.5) is 0 Å². The van der Waals surface area contributed by atoms with Crippen LogP contribution in [0.15, 0.2) is 51.8 Å². The molecule has 1 N–H and O–H groups in total. The van der Waals surface area contributed by atoms with Crippen LogP contribution in [-0.4, -0.2) is 27.2 Å². The Labute approximate surface area is 154 Å². The first-order valence-electron chi connectivity index (χ1n) is 7.18. The van der Waals surface area contributed by atoms with Crippen molar-refractivity contribution < 1.29 is 17.9 Å².